The molecule has 0 bridgehead atoms. The van der Waals surface area contributed by atoms with Crippen LogP contribution in [0.3, 0.4) is 0 Å². The van der Waals surface area contributed by atoms with E-state index in [2.05, 4.69) is 4.99 Å². The third kappa shape index (κ3) is 3.95. The fraction of sp³-hybridized carbons (Fsp3) is 0. The van der Waals surface area contributed by atoms with Crippen LogP contribution in [0.4, 0.5) is 5.00 Å². The van der Waals surface area contributed by atoms with Gasteiger partial charge in [0, 0.05) is 6.21 Å². The van der Waals surface area contributed by atoms with Gasteiger partial charge in [-0.15, -0.1) is 0 Å². The molecule has 14 heteroatoms. The van der Waals surface area contributed by atoms with Gasteiger partial charge in [-0.3, -0.25) is 19.9 Å². The molecule has 13 nitrogen and oxygen atoms in total. The highest BCUT2D eigenvalue weighted by molar-refractivity contribution is 7.18. The first-order chi connectivity index (χ1) is 14.8. The van der Waals surface area contributed by atoms with E-state index in [1.807, 2.05) is 19.9 Å². The van der Waals surface area contributed by atoms with Crippen molar-refractivity contribution in [1.29, 1.82) is 0 Å². The Bertz CT molecular complexity index is 1590. The molecule has 0 saturated carbocycles. The molecule has 0 spiro atoms. The summed E-state index contributed by atoms with van der Waals surface area (Å²) in [5.74, 6) is 0. The number of H-pyrrole nitrogens is 4. The summed E-state index contributed by atoms with van der Waals surface area (Å²) in [6.07, 6.45) is 1.50. The number of nitrogens with zero attached hydrogens (tertiary/aromatic N) is 3. The van der Waals surface area contributed by atoms with Crippen LogP contribution in [0.1, 0.15) is 5.56 Å². The number of rotatable bonds is 4. The lowest BCUT2D eigenvalue weighted by atomic mass is 10.2. The van der Waals surface area contributed by atoms with E-state index >= 15 is 0 Å². The number of aromatic nitrogens is 6. The molecule has 0 fully saturated rings. The summed E-state index contributed by atoms with van der Waals surface area (Å²) in [5, 5.41) is 0.742. The molecule has 3 heterocycles. The minimum atomic E-state index is -0.893. The van der Waals surface area contributed by atoms with Gasteiger partial charge in [0.1, 0.15) is 10.0 Å². The van der Waals surface area contributed by atoms with Crippen molar-refractivity contribution in [3.8, 4) is 10.7 Å². The highest BCUT2D eigenvalue weighted by atomic mass is 32.1. The number of hydrogen-bond donors (Lipinski definition) is 4. The molecule has 0 amide bonds. The molecule has 3 aromatic heterocycles. The summed E-state index contributed by atoms with van der Waals surface area (Å²) >= 11 is 1.04. The SMILES string of the molecule is O=c1[nH]c(=O)n(-c2ccc(C=Nc3ccc(-n4c(=O)[nH]c(=O)[nH]c4=O)s3)cc2)c(=O)[nH]1. The molecule has 4 rings (SSSR count). The Morgan fingerprint density at radius 2 is 1.19 bits per heavy atom. The highest BCUT2D eigenvalue weighted by Crippen LogP contribution is 2.26. The van der Waals surface area contributed by atoms with E-state index in [-0.39, 0.29) is 10.7 Å². The van der Waals surface area contributed by atoms with Gasteiger partial charge in [-0.05, 0) is 29.8 Å². The number of nitrogens with one attached hydrogen (secondary N) is 4. The maximum atomic E-state index is 11.9. The molecule has 0 aliphatic carbocycles. The Labute approximate surface area is 172 Å². The number of hydrogen-bond acceptors (Lipinski definition) is 8. The van der Waals surface area contributed by atoms with Gasteiger partial charge in [0.15, 0.2) is 0 Å². The average molecular weight is 441 g/mol. The highest BCUT2D eigenvalue weighted by Gasteiger charge is 2.09. The quantitative estimate of drug-likeness (QED) is 0.280. The Hall–Kier alpha value is -4.59. The molecule has 31 heavy (non-hydrogen) atoms. The first-order valence-electron chi connectivity index (χ1n) is 8.48. The Balaban J connectivity index is 1.60. The third-order valence-electron chi connectivity index (χ3n) is 3.98. The summed E-state index contributed by atoms with van der Waals surface area (Å²) < 4.78 is 1.55. The van der Waals surface area contributed by atoms with Crippen LogP contribution < -0.4 is 34.1 Å². The molecule has 0 unspecified atom stereocenters. The predicted molar refractivity (Wildman–Crippen MR) is 112 cm³/mol. The smallest absolute Gasteiger partial charge is 0.258 e. The second-order valence-electron chi connectivity index (χ2n) is 6.01. The average Bonchev–Trinajstić information content (AvgIpc) is 3.14. The van der Waals surface area contributed by atoms with Crippen LogP contribution >= 0.6 is 11.3 Å². The Morgan fingerprint density at radius 3 is 1.74 bits per heavy atom. The molecule has 0 aliphatic rings. The van der Waals surface area contributed by atoms with E-state index in [4.69, 9.17) is 0 Å². The topological polar surface area (TPSA) is 188 Å². The summed E-state index contributed by atoms with van der Waals surface area (Å²) in [5.41, 5.74) is -4.38. The zero-order chi connectivity index (χ0) is 22.1. The monoisotopic (exact) mass is 441 g/mol. The molecule has 0 radical (unpaired) electrons. The van der Waals surface area contributed by atoms with Crippen LogP contribution in [0.25, 0.3) is 10.7 Å². The molecule has 1 aromatic carbocycles. The van der Waals surface area contributed by atoms with Crippen LogP contribution in [0, 0.1) is 0 Å². The number of benzene rings is 1. The van der Waals surface area contributed by atoms with Crippen LogP contribution in [-0.2, 0) is 0 Å². The second kappa shape index (κ2) is 7.68. The van der Waals surface area contributed by atoms with Crippen molar-refractivity contribution in [2.75, 3.05) is 0 Å². The maximum Gasteiger partial charge on any atom is 0.338 e. The lowest BCUT2D eigenvalue weighted by Gasteiger charge is -2.03. The fourth-order valence-electron chi connectivity index (χ4n) is 2.65. The molecular formula is C17H11N7O6S. The van der Waals surface area contributed by atoms with Crippen molar-refractivity contribution >= 4 is 22.6 Å². The van der Waals surface area contributed by atoms with Crippen molar-refractivity contribution in [3.05, 3.63) is 105 Å². The minimum absolute atomic E-state index is 0.245. The summed E-state index contributed by atoms with van der Waals surface area (Å²) in [6.45, 7) is 0. The number of thiophene rings is 1. The zero-order valence-electron chi connectivity index (χ0n) is 15.2. The minimum Gasteiger partial charge on any atom is -0.258 e. The van der Waals surface area contributed by atoms with Gasteiger partial charge < -0.3 is 0 Å². The van der Waals surface area contributed by atoms with E-state index in [9.17, 15) is 28.8 Å². The summed E-state index contributed by atoms with van der Waals surface area (Å²) in [4.78, 5) is 81.8. The van der Waals surface area contributed by atoms with E-state index in [1.165, 1.54) is 24.4 Å². The zero-order valence-corrected chi connectivity index (χ0v) is 16.1. The molecule has 4 aromatic rings. The van der Waals surface area contributed by atoms with Gasteiger partial charge >= 0.3 is 34.1 Å². The van der Waals surface area contributed by atoms with Gasteiger partial charge in [-0.2, -0.15) is 0 Å². The Morgan fingerprint density at radius 1 is 0.677 bits per heavy atom. The molecule has 0 saturated heterocycles. The molecule has 156 valence electrons. The lowest BCUT2D eigenvalue weighted by Crippen LogP contribution is -2.42. The van der Waals surface area contributed by atoms with Crippen molar-refractivity contribution in [2.45, 2.75) is 0 Å². The second-order valence-corrected chi connectivity index (χ2v) is 7.05. The molecular weight excluding hydrogens is 430 g/mol. The van der Waals surface area contributed by atoms with E-state index in [0.717, 1.165) is 20.5 Å². The third-order valence-corrected chi connectivity index (χ3v) is 4.96. The van der Waals surface area contributed by atoms with Gasteiger partial charge in [-0.25, -0.2) is 42.9 Å². The fourth-order valence-corrected chi connectivity index (χ4v) is 3.50. The van der Waals surface area contributed by atoms with Crippen LogP contribution in [0.5, 0.6) is 0 Å². The van der Waals surface area contributed by atoms with Gasteiger partial charge in [0.25, 0.3) is 0 Å². The van der Waals surface area contributed by atoms with Crippen LogP contribution in [0.15, 0.2) is 70.2 Å². The summed E-state index contributed by atoms with van der Waals surface area (Å²) in [6, 6.07) is 9.28. The van der Waals surface area contributed by atoms with Gasteiger partial charge in [0.05, 0.1) is 5.69 Å². The van der Waals surface area contributed by atoms with Crippen LogP contribution in [-0.4, -0.2) is 35.3 Å². The van der Waals surface area contributed by atoms with Crippen molar-refractivity contribution in [3.63, 3.8) is 0 Å². The Kier molecular flexibility index (Phi) is 4.88. The van der Waals surface area contributed by atoms with E-state index in [0.29, 0.717) is 10.6 Å². The molecule has 0 atom stereocenters. The van der Waals surface area contributed by atoms with Gasteiger partial charge in [0.2, 0.25) is 0 Å². The predicted octanol–water partition coefficient (Wildman–Crippen LogP) is -1.45. The summed E-state index contributed by atoms with van der Waals surface area (Å²) in [7, 11) is 0. The maximum absolute atomic E-state index is 11.9. The van der Waals surface area contributed by atoms with Gasteiger partial charge in [-0.1, -0.05) is 23.5 Å². The van der Waals surface area contributed by atoms with Crippen molar-refractivity contribution in [1.82, 2.24) is 29.1 Å². The molecule has 0 aliphatic heterocycles. The lowest BCUT2D eigenvalue weighted by molar-refractivity contribution is 0.784. The van der Waals surface area contributed by atoms with E-state index < -0.39 is 34.1 Å². The standard InChI is InChI=1S/C17H11N7O6S/c25-12-19-14(27)23(15(28)20-12)9-3-1-8(2-4-9)7-18-10-5-6-11(31-10)24-16(29)21-13(26)22-17(24)30/h1-7H,(H2,19,20,25,27,28)(H2,21,22,26,29,30). The normalized spacial score (nSPS) is 11.2. The molecule has 4 N–H and O–H groups in total. The number of aromatic amines is 4. The first-order valence-corrected chi connectivity index (χ1v) is 9.29. The van der Waals surface area contributed by atoms with Crippen LogP contribution in [0.2, 0.25) is 0 Å². The largest absolute Gasteiger partial charge is 0.338 e. The van der Waals surface area contributed by atoms with Crippen molar-refractivity contribution in [2.24, 2.45) is 4.99 Å². The van der Waals surface area contributed by atoms with E-state index in [1.54, 1.807) is 18.2 Å². The van der Waals surface area contributed by atoms with Crippen molar-refractivity contribution < 1.29 is 0 Å². The number of aliphatic imine (C=N–C) groups is 1. The first kappa shape index (κ1) is 19.7.